The summed E-state index contributed by atoms with van der Waals surface area (Å²) in [4.78, 5) is 15.8. The molecular weight excluding hydrogens is 230 g/mol. The molecule has 0 saturated heterocycles. The fourth-order valence-electron chi connectivity index (χ4n) is 1.97. The first-order valence-electron chi connectivity index (χ1n) is 5.70. The first kappa shape index (κ1) is 10.8. The Balaban J connectivity index is 1.97. The Labute approximate surface area is 104 Å². The fraction of sp³-hybridized carbons (Fsp3) is 0.143. The summed E-state index contributed by atoms with van der Waals surface area (Å²) in [6, 6.07) is 6.41. The number of amides is 1. The van der Waals surface area contributed by atoms with Crippen molar-refractivity contribution in [2.75, 3.05) is 0 Å². The van der Waals surface area contributed by atoms with Crippen LogP contribution in [0.1, 0.15) is 12.0 Å². The number of nitrogens with zero attached hydrogens (tertiary/aromatic N) is 1. The van der Waals surface area contributed by atoms with E-state index in [1.807, 2.05) is 18.2 Å². The van der Waals surface area contributed by atoms with E-state index in [9.17, 15) is 9.90 Å². The maximum atomic E-state index is 11.9. The number of carbonyl (C=O) groups excluding carboxylic acids is 1. The Morgan fingerprint density at radius 2 is 2.06 bits per heavy atom. The highest BCUT2D eigenvalue weighted by Crippen LogP contribution is 2.24. The third kappa shape index (κ3) is 1.82. The largest absolute Gasteiger partial charge is 0.508 e. The minimum absolute atomic E-state index is 0.166. The molecule has 1 unspecified atom stereocenters. The average Bonchev–Trinajstić information content (AvgIpc) is 2.39. The van der Waals surface area contributed by atoms with E-state index in [0.717, 1.165) is 6.42 Å². The third-order valence-electron chi connectivity index (χ3n) is 2.89. The van der Waals surface area contributed by atoms with E-state index in [2.05, 4.69) is 4.99 Å². The molecule has 1 aromatic carbocycles. The molecule has 1 atom stereocenters. The molecule has 18 heavy (non-hydrogen) atoms. The number of fused-ring (bicyclic) bond motifs is 1. The molecule has 0 spiro atoms. The zero-order valence-corrected chi connectivity index (χ0v) is 9.54. The quantitative estimate of drug-likeness (QED) is 0.764. The van der Waals surface area contributed by atoms with Crippen molar-refractivity contribution >= 4 is 11.8 Å². The van der Waals surface area contributed by atoms with Crippen LogP contribution in [0, 0.1) is 0 Å². The van der Waals surface area contributed by atoms with E-state index in [1.165, 1.54) is 12.1 Å². The highest BCUT2D eigenvalue weighted by Gasteiger charge is 2.28. The Hall–Kier alpha value is -2.36. The number of hydrogen-bond donors (Lipinski definition) is 1. The predicted molar refractivity (Wildman–Crippen MR) is 66.4 cm³/mol. The van der Waals surface area contributed by atoms with Crippen molar-refractivity contribution in [2.24, 2.45) is 4.99 Å². The zero-order chi connectivity index (χ0) is 12.5. The molecule has 0 aromatic heterocycles. The van der Waals surface area contributed by atoms with Gasteiger partial charge in [0.2, 0.25) is 5.90 Å². The van der Waals surface area contributed by atoms with Gasteiger partial charge >= 0.3 is 0 Å². The molecule has 3 rings (SSSR count). The maximum Gasteiger partial charge on any atom is 0.279 e. The standard InChI is InChI=1S/C14H11NO3/c16-10-7-5-9(6-8-10)14-15-13(17)11-3-1-2-4-12(11)18-14/h2-8,12,16H,1H2. The van der Waals surface area contributed by atoms with Gasteiger partial charge in [0.1, 0.15) is 11.9 Å². The highest BCUT2D eigenvalue weighted by atomic mass is 16.5. The Morgan fingerprint density at radius 3 is 2.83 bits per heavy atom. The lowest BCUT2D eigenvalue weighted by Crippen LogP contribution is -2.30. The summed E-state index contributed by atoms with van der Waals surface area (Å²) in [7, 11) is 0. The Bertz CT molecular complexity index is 582. The molecule has 1 aliphatic heterocycles. The molecule has 1 amide bonds. The molecule has 0 radical (unpaired) electrons. The van der Waals surface area contributed by atoms with Gasteiger partial charge in [0.05, 0.1) is 5.57 Å². The van der Waals surface area contributed by atoms with Gasteiger partial charge in [-0.05, 0) is 36.8 Å². The minimum Gasteiger partial charge on any atom is -0.508 e. The van der Waals surface area contributed by atoms with Crippen molar-refractivity contribution in [3.8, 4) is 5.75 Å². The van der Waals surface area contributed by atoms with Gasteiger partial charge in [-0.3, -0.25) is 4.79 Å². The van der Waals surface area contributed by atoms with E-state index < -0.39 is 0 Å². The summed E-state index contributed by atoms with van der Waals surface area (Å²) in [6.45, 7) is 0. The zero-order valence-electron chi connectivity index (χ0n) is 9.54. The predicted octanol–water partition coefficient (Wildman–Crippen LogP) is 1.95. The highest BCUT2D eigenvalue weighted by molar-refractivity contribution is 6.10. The molecule has 0 bridgehead atoms. The lowest BCUT2D eigenvalue weighted by atomic mass is 10.0. The first-order valence-corrected chi connectivity index (χ1v) is 5.70. The average molecular weight is 241 g/mol. The summed E-state index contributed by atoms with van der Waals surface area (Å²) < 4.78 is 5.68. The maximum absolute atomic E-state index is 11.9. The Kier molecular flexibility index (Phi) is 2.48. The lowest BCUT2D eigenvalue weighted by Gasteiger charge is -2.24. The van der Waals surface area contributed by atoms with Crippen LogP contribution in [-0.4, -0.2) is 23.0 Å². The van der Waals surface area contributed by atoms with Crippen molar-refractivity contribution in [2.45, 2.75) is 12.5 Å². The first-order chi connectivity index (χ1) is 8.74. The van der Waals surface area contributed by atoms with Gasteiger partial charge in [0, 0.05) is 5.56 Å². The van der Waals surface area contributed by atoms with E-state index in [-0.39, 0.29) is 17.8 Å². The van der Waals surface area contributed by atoms with Gasteiger partial charge in [0.25, 0.3) is 5.91 Å². The summed E-state index contributed by atoms with van der Waals surface area (Å²) in [5.41, 5.74) is 1.28. The van der Waals surface area contributed by atoms with Crippen LogP contribution in [0.3, 0.4) is 0 Å². The van der Waals surface area contributed by atoms with E-state index in [1.54, 1.807) is 12.1 Å². The summed E-state index contributed by atoms with van der Waals surface area (Å²) >= 11 is 0. The number of carbonyl (C=O) groups is 1. The molecule has 90 valence electrons. The van der Waals surface area contributed by atoms with Crippen LogP contribution in [0.25, 0.3) is 0 Å². The summed E-state index contributed by atoms with van der Waals surface area (Å²) in [6.07, 6.45) is 6.06. The van der Waals surface area contributed by atoms with Gasteiger partial charge in [0.15, 0.2) is 0 Å². The number of ether oxygens (including phenoxy) is 1. The van der Waals surface area contributed by atoms with Crippen molar-refractivity contribution in [3.05, 3.63) is 53.6 Å². The van der Waals surface area contributed by atoms with Crippen molar-refractivity contribution in [1.29, 1.82) is 0 Å². The SMILES string of the molecule is O=C1N=C(c2ccc(O)cc2)OC2C=CCC=C12. The second-order valence-electron chi connectivity index (χ2n) is 4.13. The molecule has 1 heterocycles. The van der Waals surface area contributed by atoms with E-state index in [4.69, 9.17) is 4.74 Å². The van der Waals surface area contributed by atoms with Crippen molar-refractivity contribution in [3.63, 3.8) is 0 Å². The van der Waals surface area contributed by atoms with Crippen molar-refractivity contribution in [1.82, 2.24) is 0 Å². The number of aliphatic imine (C=N–C) groups is 1. The van der Waals surface area contributed by atoms with Crippen LogP contribution in [0.2, 0.25) is 0 Å². The molecule has 1 aromatic rings. The monoisotopic (exact) mass is 241 g/mol. The molecule has 2 aliphatic rings. The van der Waals surface area contributed by atoms with Crippen LogP contribution in [0.5, 0.6) is 5.75 Å². The van der Waals surface area contributed by atoms with Crippen LogP contribution < -0.4 is 0 Å². The smallest absolute Gasteiger partial charge is 0.279 e. The van der Waals surface area contributed by atoms with Crippen LogP contribution in [0.15, 0.2) is 53.1 Å². The van der Waals surface area contributed by atoms with E-state index >= 15 is 0 Å². The molecular formula is C14H11NO3. The van der Waals surface area contributed by atoms with Gasteiger partial charge in [-0.2, -0.15) is 4.99 Å². The van der Waals surface area contributed by atoms with Gasteiger partial charge in [-0.25, -0.2) is 0 Å². The van der Waals surface area contributed by atoms with Crippen LogP contribution in [-0.2, 0) is 9.53 Å². The number of hydrogen-bond acceptors (Lipinski definition) is 3. The molecule has 0 saturated carbocycles. The van der Waals surface area contributed by atoms with Gasteiger partial charge in [-0.1, -0.05) is 12.2 Å². The molecule has 4 nitrogen and oxygen atoms in total. The lowest BCUT2D eigenvalue weighted by molar-refractivity contribution is -0.115. The number of phenols is 1. The Morgan fingerprint density at radius 1 is 1.28 bits per heavy atom. The molecule has 1 aliphatic carbocycles. The minimum atomic E-state index is -0.340. The normalized spacial score (nSPS) is 21.8. The fourth-order valence-corrected chi connectivity index (χ4v) is 1.97. The molecule has 0 fully saturated rings. The number of phenolic OH excluding ortho intramolecular Hbond substituents is 1. The van der Waals surface area contributed by atoms with Crippen LogP contribution >= 0.6 is 0 Å². The number of aromatic hydroxyl groups is 1. The number of rotatable bonds is 1. The van der Waals surface area contributed by atoms with Gasteiger partial charge < -0.3 is 9.84 Å². The number of benzene rings is 1. The number of allylic oxidation sites excluding steroid dienone is 2. The second-order valence-corrected chi connectivity index (χ2v) is 4.13. The molecule has 4 heteroatoms. The van der Waals surface area contributed by atoms with Crippen molar-refractivity contribution < 1.29 is 14.6 Å². The summed E-state index contributed by atoms with van der Waals surface area (Å²) in [5.74, 6) is 0.215. The molecule has 1 N–H and O–H groups in total. The third-order valence-corrected chi connectivity index (χ3v) is 2.89. The topological polar surface area (TPSA) is 58.9 Å². The summed E-state index contributed by atoms with van der Waals surface area (Å²) in [5, 5.41) is 9.23. The van der Waals surface area contributed by atoms with Gasteiger partial charge in [-0.15, -0.1) is 0 Å². The second kappa shape index (κ2) is 4.14. The van der Waals surface area contributed by atoms with Crippen LogP contribution in [0.4, 0.5) is 0 Å². The van der Waals surface area contributed by atoms with E-state index in [0.29, 0.717) is 17.0 Å².